The van der Waals surface area contributed by atoms with Crippen molar-refractivity contribution < 1.29 is 19.6 Å². The van der Waals surface area contributed by atoms with Crippen molar-refractivity contribution in [2.75, 3.05) is 12.3 Å². The van der Waals surface area contributed by atoms with Crippen LogP contribution in [0, 0.1) is 10.1 Å². The summed E-state index contributed by atoms with van der Waals surface area (Å²) in [6.07, 6.45) is 0. The highest BCUT2D eigenvalue weighted by Gasteiger charge is 2.10. The van der Waals surface area contributed by atoms with Crippen molar-refractivity contribution >= 4 is 17.3 Å². The summed E-state index contributed by atoms with van der Waals surface area (Å²) in [4.78, 5) is 20.0. The fourth-order valence-electron chi connectivity index (χ4n) is 0.901. The molecule has 0 radical (unpaired) electrons. The second kappa shape index (κ2) is 4.27. The lowest BCUT2D eigenvalue weighted by atomic mass is 10.2. The highest BCUT2D eigenvalue weighted by atomic mass is 16.6. The number of nitro benzene ring substituents is 1. The Bertz CT molecular complexity index is 404. The zero-order valence-electron chi connectivity index (χ0n) is 7.54. The van der Waals surface area contributed by atoms with Gasteiger partial charge in [-0.3, -0.25) is 10.1 Å². The van der Waals surface area contributed by atoms with E-state index in [1.807, 2.05) is 0 Å². The van der Waals surface area contributed by atoms with Crippen molar-refractivity contribution in [1.82, 2.24) is 0 Å². The molecule has 7 heteroatoms. The quantitative estimate of drug-likeness (QED) is 0.429. The third-order valence-electron chi connectivity index (χ3n) is 1.56. The molecule has 1 aromatic rings. The van der Waals surface area contributed by atoms with E-state index in [9.17, 15) is 14.9 Å². The van der Waals surface area contributed by atoms with E-state index in [1.54, 1.807) is 0 Å². The van der Waals surface area contributed by atoms with Crippen molar-refractivity contribution in [1.29, 1.82) is 0 Å². The molecule has 0 saturated carbocycles. The van der Waals surface area contributed by atoms with Gasteiger partial charge in [-0.2, -0.15) is 0 Å². The molecule has 0 saturated heterocycles. The summed E-state index contributed by atoms with van der Waals surface area (Å²) in [5.74, 6) is -1.19. The fourth-order valence-corrected chi connectivity index (χ4v) is 0.901. The molecule has 0 spiro atoms. The van der Waals surface area contributed by atoms with Gasteiger partial charge in [0.25, 0.3) is 5.69 Å². The van der Waals surface area contributed by atoms with Gasteiger partial charge >= 0.3 is 5.97 Å². The first-order valence-electron chi connectivity index (χ1n) is 3.89. The molecule has 7 nitrogen and oxygen atoms in total. The summed E-state index contributed by atoms with van der Waals surface area (Å²) < 4.78 is 4.76. The van der Waals surface area contributed by atoms with E-state index in [2.05, 4.69) is 0 Å². The summed E-state index contributed by atoms with van der Waals surface area (Å²) in [5, 5.41) is 18.7. The first kappa shape index (κ1) is 10.8. The molecular weight excluding hydrogens is 204 g/mol. The molecule has 0 atom stereocenters. The molecule has 0 aliphatic heterocycles. The zero-order chi connectivity index (χ0) is 11.4. The Morgan fingerprint density at radius 3 is 2.80 bits per heavy atom. The third-order valence-corrected chi connectivity index (χ3v) is 1.56. The van der Waals surface area contributed by atoms with Gasteiger partial charge in [0.05, 0.1) is 16.7 Å². The molecule has 1 aromatic carbocycles. The number of nitrogens with zero attached hydrogens (tertiary/aromatic N) is 1. The van der Waals surface area contributed by atoms with Gasteiger partial charge in [0.1, 0.15) is 5.75 Å². The van der Waals surface area contributed by atoms with Crippen LogP contribution in [0.15, 0.2) is 18.2 Å². The van der Waals surface area contributed by atoms with E-state index in [0.717, 1.165) is 6.07 Å². The van der Waals surface area contributed by atoms with E-state index in [4.69, 9.17) is 15.6 Å². The highest BCUT2D eigenvalue weighted by Crippen LogP contribution is 2.26. The molecule has 0 aromatic heterocycles. The standard InChI is InChI=1S/C8H8N2O5/c9-6-2-1-5(10(13)14)3-7(6)15-4-8(11)12/h1-3H,4,9H2,(H,11,12). The number of benzene rings is 1. The van der Waals surface area contributed by atoms with Crippen molar-refractivity contribution in [3.63, 3.8) is 0 Å². The molecule has 0 bridgehead atoms. The molecule has 0 amide bonds. The second-order valence-corrected chi connectivity index (χ2v) is 2.66. The van der Waals surface area contributed by atoms with E-state index < -0.39 is 17.5 Å². The zero-order valence-corrected chi connectivity index (χ0v) is 7.54. The lowest BCUT2D eigenvalue weighted by Crippen LogP contribution is -2.10. The predicted molar refractivity (Wildman–Crippen MR) is 50.6 cm³/mol. The van der Waals surface area contributed by atoms with Gasteiger partial charge in [0, 0.05) is 6.07 Å². The Balaban J connectivity index is 2.90. The maximum atomic E-state index is 10.4. The average molecular weight is 212 g/mol. The van der Waals surface area contributed by atoms with E-state index >= 15 is 0 Å². The SMILES string of the molecule is Nc1ccc([N+](=O)[O-])cc1OCC(=O)O. The summed E-state index contributed by atoms with van der Waals surface area (Å²) in [6, 6.07) is 3.58. The minimum absolute atomic E-state index is 0.00778. The Morgan fingerprint density at radius 1 is 1.60 bits per heavy atom. The lowest BCUT2D eigenvalue weighted by molar-refractivity contribution is -0.384. The summed E-state index contributed by atoms with van der Waals surface area (Å²) in [7, 11) is 0. The number of anilines is 1. The molecule has 0 unspecified atom stereocenters. The molecule has 80 valence electrons. The molecule has 3 N–H and O–H groups in total. The maximum absolute atomic E-state index is 10.4. The Morgan fingerprint density at radius 2 is 2.27 bits per heavy atom. The van der Waals surface area contributed by atoms with Crippen molar-refractivity contribution in [2.45, 2.75) is 0 Å². The second-order valence-electron chi connectivity index (χ2n) is 2.66. The van der Waals surface area contributed by atoms with Crippen LogP contribution >= 0.6 is 0 Å². The van der Waals surface area contributed by atoms with E-state index in [-0.39, 0.29) is 17.1 Å². The smallest absolute Gasteiger partial charge is 0.341 e. The van der Waals surface area contributed by atoms with Crippen molar-refractivity contribution in [2.24, 2.45) is 0 Å². The van der Waals surface area contributed by atoms with Gasteiger partial charge in [-0.05, 0) is 6.07 Å². The first-order valence-corrected chi connectivity index (χ1v) is 3.89. The van der Waals surface area contributed by atoms with Crippen LogP contribution in [0.2, 0.25) is 0 Å². The third kappa shape index (κ3) is 2.83. The van der Waals surface area contributed by atoms with Gasteiger partial charge in [0.15, 0.2) is 6.61 Å². The number of hydrogen-bond acceptors (Lipinski definition) is 5. The Labute approximate surface area is 84.2 Å². The fraction of sp³-hybridized carbons (Fsp3) is 0.125. The lowest BCUT2D eigenvalue weighted by Gasteiger charge is -2.05. The number of nitro groups is 1. The van der Waals surface area contributed by atoms with Crippen LogP contribution in [0.1, 0.15) is 0 Å². The van der Waals surface area contributed by atoms with Crippen molar-refractivity contribution in [3.05, 3.63) is 28.3 Å². The topological polar surface area (TPSA) is 116 Å². The number of rotatable bonds is 4. The molecule has 0 heterocycles. The number of carboxylic acid groups (broad SMARTS) is 1. The van der Waals surface area contributed by atoms with E-state index in [0.29, 0.717) is 0 Å². The average Bonchev–Trinajstić information content (AvgIpc) is 2.16. The number of nitrogen functional groups attached to an aromatic ring is 1. The van der Waals surface area contributed by atoms with Crippen LogP contribution in [0.4, 0.5) is 11.4 Å². The Hall–Kier alpha value is -2.31. The summed E-state index contributed by atoms with van der Waals surface area (Å²) in [5.41, 5.74) is 5.39. The van der Waals surface area contributed by atoms with Gasteiger partial charge in [-0.15, -0.1) is 0 Å². The summed E-state index contributed by atoms with van der Waals surface area (Å²) >= 11 is 0. The molecule has 1 rings (SSSR count). The number of ether oxygens (including phenoxy) is 1. The van der Waals surface area contributed by atoms with Gasteiger partial charge in [-0.25, -0.2) is 4.79 Å². The van der Waals surface area contributed by atoms with Crippen LogP contribution in [0.25, 0.3) is 0 Å². The summed E-state index contributed by atoms with van der Waals surface area (Å²) in [6.45, 7) is -0.592. The minimum Gasteiger partial charge on any atom is -0.479 e. The van der Waals surface area contributed by atoms with Gasteiger partial charge in [-0.1, -0.05) is 0 Å². The maximum Gasteiger partial charge on any atom is 0.341 e. The molecule has 0 aliphatic carbocycles. The molecule has 0 aliphatic rings. The van der Waals surface area contributed by atoms with Crippen LogP contribution in [-0.2, 0) is 4.79 Å². The number of carbonyl (C=O) groups is 1. The highest BCUT2D eigenvalue weighted by molar-refractivity contribution is 5.69. The van der Waals surface area contributed by atoms with Crippen LogP contribution < -0.4 is 10.5 Å². The molecule has 0 fully saturated rings. The minimum atomic E-state index is -1.18. The monoisotopic (exact) mass is 212 g/mol. The number of nitrogens with two attached hydrogens (primary N) is 1. The normalized spacial score (nSPS) is 9.60. The largest absolute Gasteiger partial charge is 0.479 e. The van der Waals surface area contributed by atoms with Crippen LogP contribution in [0.5, 0.6) is 5.75 Å². The van der Waals surface area contributed by atoms with Crippen molar-refractivity contribution in [3.8, 4) is 5.75 Å². The Kier molecular flexibility index (Phi) is 3.06. The van der Waals surface area contributed by atoms with Crippen LogP contribution in [-0.4, -0.2) is 22.6 Å². The van der Waals surface area contributed by atoms with Gasteiger partial charge < -0.3 is 15.6 Å². The number of aliphatic carboxylic acids is 1. The molecule has 15 heavy (non-hydrogen) atoms. The first-order chi connectivity index (χ1) is 7.00. The van der Waals surface area contributed by atoms with E-state index in [1.165, 1.54) is 12.1 Å². The number of carboxylic acids is 1. The number of hydrogen-bond donors (Lipinski definition) is 2. The van der Waals surface area contributed by atoms with Crippen LogP contribution in [0.3, 0.4) is 0 Å². The number of non-ortho nitro benzene ring substituents is 1. The predicted octanol–water partition coefficient (Wildman–Crippen LogP) is 0.640. The van der Waals surface area contributed by atoms with Gasteiger partial charge in [0.2, 0.25) is 0 Å². The molecular formula is C8H8N2O5.